The zero-order valence-electron chi connectivity index (χ0n) is 26.1. The van der Waals surface area contributed by atoms with Gasteiger partial charge in [-0.3, -0.25) is 0 Å². The molecule has 3 heteroatoms. The highest BCUT2D eigenvalue weighted by atomic mass is 15.0. The topological polar surface area (TPSA) is 38.7 Å². The van der Waals surface area contributed by atoms with E-state index in [0.29, 0.717) is 17.5 Å². The second-order valence-electron chi connectivity index (χ2n) is 12.0. The Kier molecular flexibility index (Phi) is 6.80. The van der Waals surface area contributed by atoms with E-state index in [1.54, 1.807) is 0 Å². The molecule has 1 heterocycles. The maximum absolute atomic E-state index is 5.05. The standard InChI is InChI=1S/C45H29N3/c1-3-14-31(15-4-1)43-46-44(32-16-5-2-6-17-32)48-45(47-43)42-28-27-41(38-21-11-12-22-39(38)42)40-26-25-35(36-19-9-10-20-37(36)40)34-24-23-30-13-7-8-18-33(30)29-34/h1-29H. The van der Waals surface area contributed by atoms with Crippen LogP contribution in [0.2, 0.25) is 0 Å². The summed E-state index contributed by atoms with van der Waals surface area (Å²) in [5.41, 5.74) is 7.71. The normalized spacial score (nSPS) is 11.3. The lowest BCUT2D eigenvalue weighted by Crippen LogP contribution is -2.00. The molecule has 0 unspecified atom stereocenters. The number of fused-ring (bicyclic) bond motifs is 3. The summed E-state index contributed by atoms with van der Waals surface area (Å²) in [6.07, 6.45) is 0. The van der Waals surface area contributed by atoms with Crippen LogP contribution in [0.4, 0.5) is 0 Å². The summed E-state index contributed by atoms with van der Waals surface area (Å²) >= 11 is 0. The molecule has 0 bridgehead atoms. The minimum atomic E-state index is 0.655. The molecule has 0 aliphatic heterocycles. The molecule has 8 aromatic carbocycles. The van der Waals surface area contributed by atoms with Gasteiger partial charge in [-0.05, 0) is 66.7 Å². The van der Waals surface area contributed by atoms with Crippen molar-refractivity contribution < 1.29 is 0 Å². The van der Waals surface area contributed by atoms with E-state index in [-0.39, 0.29) is 0 Å². The van der Waals surface area contributed by atoms with E-state index < -0.39 is 0 Å². The third kappa shape index (κ3) is 4.90. The molecule has 0 atom stereocenters. The summed E-state index contributed by atoms with van der Waals surface area (Å²) in [6.45, 7) is 0. The highest BCUT2D eigenvalue weighted by molar-refractivity contribution is 6.12. The van der Waals surface area contributed by atoms with Crippen LogP contribution in [-0.4, -0.2) is 15.0 Å². The smallest absolute Gasteiger partial charge is 0.164 e. The zero-order chi connectivity index (χ0) is 31.9. The van der Waals surface area contributed by atoms with Gasteiger partial charge < -0.3 is 0 Å². The first-order valence-corrected chi connectivity index (χ1v) is 16.2. The molecule has 0 spiro atoms. The largest absolute Gasteiger partial charge is 0.208 e. The zero-order valence-corrected chi connectivity index (χ0v) is 26.1. The van der Waals surface area contributed by atoms with Crippen molar-refractivity contribution in [2.45, 2.75) is 0 Å². The minimum absolute atomic E-state index is 0.655. The van der Waals surface area contributed by atoms with Crippen LogP contribution < -0.4 is 0 Å². The van der Waals surface area contributed by atoms with Crippen LogP contribution in [0.5, 0.6) is 0 Å². The van der Waals surface area contributed by atoms with E-state index in [1.807, 2.05) is 60.7 Å². The summed E-state index contributed by atoms with van der Waals surface area (Å²) in [4.78, 5) is 15.0. The van der Waals surface area contributed by atoms with E-state index in [9.17, 15) is 0 Å². The Hall–Kier alpha value is -6.45. The van der Waals surface area contributed by atoms with Crippen molar-refractivity contribution in [2.24, 2.45) is 0 Å². The molecule has 0 aliphatic carbocycles. The van der Waals surface area contributed by atoms with Crippen molar-refractivity contribution in [2.75, 3.05) is 0 Å². The molecule has 1 aromatic heterocycles. The fourth-order valence-electron chi connectivity index (χ4n) is 6.80. The fourth-order valence-corrected chi connectivity index (χ4v) is 6.80. The van der Waals surface area contributed by atoms with Crippen molar-refractivity contribution in [3.63, 3.8) is 0 Å². The molecule has 224 valence electrons. The predicted octanol–water partition coefficient (Wildman–Crippen LogP) is 11.7. The Morgan fingerprint density at radius 2 is 0.667 bits per heavy atom. The maximum Gasteiger partial charge on any atom is 0.164 e. The highest BCUT2D eigenvalue weighted by Gasteiger charge is 2.17. The molecule has 0 aliphatic rings. The van der Waals surface area contributed by atoms with Crippen LogP contribution in [0.3, 0.4) is 0 Å². The van der Waals surface area contributed by atoms with Gasteiger partial charge in [-0.1, -0.05) is 164 Å². The van der Waals surface area contributed by atoms with Gasteiger partial charge in [-0.2, -0.15) is 0 Å². The molecule has 48 heavy (non-hydrogen) atoms. The van der Waals surface area contributed by atoms with Gasteiger partial charge in [0.05, 0.1) is 0 Å². The Morgan fingerprint density at radius 1 is 0.250 bits per heavy atom. The molecular weight excluding hydrogens is 583 g/mol. The van der Waals surface area contributed by atoms with E-state index >= 15 is 0 Å². The van der Waals surface area contributed by atoms with E-state index in [0.717, 1.165) is 27.5 Å². The Balaban J connectivity index is 1.22. The van der Waals surface area contributed by atoms with Gasteiger partial charge >= 0.3 is 0 Å². The molecule has 9 rings (SSSR count). The van der Waals surface area contributed by atoms with Crippen LogP contribution in [0, 0.1) is 0 Å². The summed E-state index contributed by atoms with van der Waals surface area (Å²) in [6, 6.07) is 61.8. The van der Waals surface area contributed by atoms with Crippen molar-refractivity contribution in [3.05, 3.63) is 176 Å². The van der Waals surface area contributed by atoms with Crippen LogP contribution >= 0.6 is 0 Å². The van der Waals surface area contributed by atoms with Crippen molar-refractivity contribution in [1.82, 2.24) is 15.0 Å². The van der Waals surface area contributed by atoms with Crippen molar-refractivity contribution >= 4 is 32.3 Å². The summed E-state index contributed by atoms with van der Waals surface area (Å²) in [5, 5.41) is 7.20. The molecule has 0 radical (unpaired) electrons. The third-order valence-electron chi connectivity index (χ3n) is 9.14. The lowest BCUT2D eigenvalue weighted by Gasteiger charge is -2.16. The number of hydrogen-bond donors (Lipinski definition) is 0. The number of aromatic nitrogens is 3. The number of nitrogens with zero attached hydrogens (tertiary/aromatic N) is 3. The first kappa shape index (κ1) is 27.8. The van der Waals surface area contributed by atoms with Crippen LogP contribution in [0.15, 0.2) is 176 Å². The van der Waals surface area contributed by atoms with Gasteiger partial charge in [0.25, 0.3) is 0 Å². The Bertz CT molecular complexity index is 2550. The van der Waals surface area contributed by atoms with Gasteiger partial charge in [0.15, 0.2) is 17.5 Å². The second kappa shape index (κ2) is 11.7. The van der Waals surface area contributed by atoms with Gasteiger partial charge in [0.1, 0.15) is 0 Å². The molecular formula is C45H29N3. The van der Waals surface area contributed by atoms with E-state index in [1.165, 1.54) is 43.8 Å². The van der Waals surface area contributed by atoms with Crippen molar-refractivity contribution in [1.29, 1.82) is 0 Å². The van der Waals surface area contributed by atoms with Crippen molar-refractivity contribution in [3.8, 4) is 56.4 Å². The highest BCUT2D eigenvalue weighted by Crippen LogP contribution is 2.41. The molecule has 9 aromatic rings. The number of rotatable bonds is 5. The Morgan fingerprint density at radius 3 is 1.25 bits per heavy atom. The van der Waals surface area contributed by atoms with Crippen LogP contribution in [0.1, 0.15) is 0 Å². The molecule has 0 saturated heterocycles. The van der Waals surface area contributed by atoms with Crippen LogP contribution in [0.25, 0.3) is 88.7 Å². The van der Waals surface area contributed by atoms with Gasteiger partial charge in [0.2, 0.25) is 0 Å². The summed E-state index contributed by atoms with van der Waals surface area (Å²) in [5.74, 6) is 1.97. The molecule has 0 N–H and O–H groups in total. The average Bonchev–Trinajstić information content (AvgIpc) is 3.17. The quantitative estimate of drug-likeness (QED) is 0.194. The SMILES string of the molecule is c1ccc(-c2nc(-c3ccccc3)nc(-c3ccc(-c4ccc(-c5ccc6ccccc6c5)c5ccccc45)c4ccccc34)n2)cc1. The van der Waals surface area contributed by atoms with E-state index in [4.69, 9.17) is 15.0 Å². The van der Waals surface area contributed by atoms with Crippen LogP contribution in [-0.2, 0) is 0 Å². The molecule has 0 saturated carbocycles. The molecule has 0 amide bonds. The first-order chi connectivity index (χ1) is 23.8. The third-order valence-corrected chi connectivity index (χ3v) is 9.14. The van der Waals surface area contributed by atoms with Gasteiger partial charge in [0, 0.05) is 16.7 Å². The maximum atomic E-state index is 5.05. The van der Waals surface area contributed by atoms with E-state index in [2.05, 4.69) is 115 Å². The minimum Gasteiger partial charge on any atom is -0.208 e. The summed E-state index contributed by atoms with van der Waals surface area (Å²) < 4.78 is 0. The monoisotopic (exact) mass is 611 g/mol. The fraction of sp³-hybridized carbons (Fsp3) is 0. The molecule has 3 nitrogen and oxygen atoms in total. The van der Waals surface area contributed by atoms with Gasteiger partial charge in [-0.15, -0.1) is 0 Å². The average molecular weight is 612 g/mol. The predicted molar refractivity (Wildman–Crippen MR) is 200 cm³/mol. The van der Waals surface area contributed by atoms with Gasteiger partial charge in [-0.25, -0.2) is 15.0 Å². The number of benzene rings is 8. The molecule has 0 fully saturated rings. The summed E-state index contributed by atoms with van der Waals surface area (Å²) in [7, 11) is 0. The Labute approximate surface area is 278 Å². The first-order valence-electron chi connectivity index (χ1n) is 16.2. The lowest BCUT2D eigenvalue weighted by atomic mass is 9.88. The number of hydrogen-bond acceptors (Lipinski definition) is 3. The second-order valence-corrected chi connectivity index (χ2v) is 12.0. The lowest BCUT2D eigenvalue weighted by molar-refractivity contribution is 1.08.